The van der Waals surface area contributed by atoms with Crippen LogP contribution in [0.4, 0.5) is 0 Å². The van der Waals surface area contributed by atoms with Gasteiger partial charge >= 0.3 is 0 Å². The van der Waals surface area contributed by atoms with E-state index in [1.54, 1.807) is 4.68 Å². The van der Waals surface area contributed by atoms with E-state index in [4.69, 9.17) is 0 Å². The maximum absolute atomic E-state index is 12.5. The second-order valence-corrected chi connectivity index (χ2v) is 5.69. The van der Waals surface area contributed by atoms with Gasteiger partial charge in [0.1, 0.15) is 0 Å². The first-order valence-electron chi connectivity index (χ1n) is 6.77. The van der Waals surface area contributed by atoms with Gasteiger partial charge in [-0.2, -0.15) is 5.10 Å². The molecular formula is C14H23N3O. The van der Waals surface area contributed by atoms with E-state index in [9.17, 15) is 4.79 Å². The van der Waals surface area contributed by atoms with Crippen molar-refractivity contribution in [1.82, 2.24) is 14.7 Å². The lowest BCUT2D eigenvalue weighted by Gasteiger charge is -2.39. The summed E-state index contributed by atoms with van der Waals surface area (Å²) in [7, 11) is 1.88. The molecule has 0 saturated carbocycles. The van der Waals surface area contributed by atoms with Crippen LogP contribution in [0.25, 0.3) is 0 Å². The van der Waals surface area contributed by atoms with E-state index >= 15 is 0 Å². The lowest BCUT2D eigenvalue weighted by atomic mass is 9.91. The Labute approximate surface area is 109 Å². The summed E-state index contributed by atoms with van der Waals surface area (Å²) in [6, 6.07) is 1.92. The molecule has 0 unspecified atom stereocenters. The van der Waals surface area contributed by atoms with Crippen molar-refractivity contribution in [1.29, 1.82) is 0 Å². The average Bonchev–Trinajstić information content (AvgIpc) is 2.76. The third-order valence-electron chi connectivity index (χ3n) is 3.94. The van der Waals surface area contributed by atoms with E-state index in [-0.39, 0.29) is 11.3 Å². The minimum atomic E-state index is -0.363. The summed E-state index contributed by atoms with van der Waals surface area (Å²) in [4.78, 5) is 14.8. The molecule has 1 aliphatic rings. The Hall–Kier alpha value is -1.16. The molecule has 1 fully saturated rings. The lowest BCUT2D eigenvalue weighted by Crippen LogP contribution is -2.52. The van der Waals surface area contributed by atoms with Gasteiger partial charge in [0, 0.05) is 13.2 Å². The third kappa shape index (κ3) is 2.80. The van der Waals surface area contributed by atoms with E-state index < -0.39 is 0 Å². The molecule has 0 N–H and O–H groups in total. The van der Waals surface area contributed by atoms with Crippen molar-refractivity contribution in [2.45, 2.75) is 45.1 Å². The number of aromatic nitrogens is 2. The van der Waals surface area contributed by atoms with Gasteiger partial charge in [-0.05, 0) is 45.8 Å². The normalized spacial score (nSPS) is 17.9. The van der Waals surface area contributed by atoms with Crippen LogP contribution < -0.4 is 0 Å². The molecule has 4 heteroatoms. The van der Waals surface area contributed by atoms with Gasteiger partial charge in [0.2, 0.25) is 0 Å². The second kappa shape index (κ2) is 5.22. The van der Waals surface area contributed by atoms with Crippen molar-refractivity contribution in [3.63, 3.8) is 0 Å². The Balaban J connectivity index is 2.02. The lowest BCUT2D eigenvalue weighted by molar-refractivity contribution is -0.129. The zero-order chi connectivity index (χ0) is 13.2. The minimum Gasteiger partial charge on any atom is -0.297 e. The van der Waals surface area contributed by atoms with Crippen LogP contribution in [0.3, 0.4) is 0 Å². The number of aryl methyl sites for hydroxylation is 1. The summed E-state index contributed by atoms with van der Waals surface area (Å²) < 4.78 is 1.75. The summed E-state index contributed by atoms with van der Waals surface area (Å²) in [6.07, 6.45) is 6.03. The Bertz CT molecular complexity index is 416. The van der Waals surface area contributed by atoms with Crippen LogP contribution in [0.2, 0.25) is 0 Å². The summed E-state index contributed by atoms with van der Waals surface area (Å²) in [5.74, 6) is 0.267. The van der Waals surface area contributed by atoms with Gasteiger partial charge in [-0.1, -0.05) is 6.42 Å². The van der Waals surface area contributed by atoms with Crippen LogP contribution in [0.1, 0.15) is 38.8 Å². The fourth-order valence-electron chi connectivity index (χ4n) is 2.57. The van der Waals surface area contributed by atoms with Gasteiger partial charge in [0.25, 0.3) is 0 Å². The Morgan fingerprint density at radius 2 is 2.00 bits per heavy atom. The molecule has 0 radical (unpaired) electrons. The third-order valence-corrected chi connectivity index (χ3v) is 3.94. The number of hydrogen-bond acceptors (Lipinski definition) is 3. The van der Waals surface area contributed by atoms with E-state index in [1.807, 2.05) is 33.2 Å². The molecule has 0 aliphatic carbocycles. The molecule has 2 rings (SSSR count). The zero-order valence-corrected chi connectivity index (χ0v) is 11.6. The van der Waals surface area contributed by atoms with Gasteiger partial charge in [0.15, 0.2) is 5.78 Å². The highest BCUT2D eigenvalue weighted by Gasteiger charge is 2.34. The Kier molecular flexibility index (Phi) is 3.85. The predicted octanol–water partition coefficient (Wildman–Crippen LogP) is 1.80. The first kappa shape index (κ1) is 13.3. The number of nitrogens with zero attached hydrogens (tertiary/aromatic N) is 3. The molecule has 1 aromatic heterocycles. The number of likely N-dealkylation sites (tertiary alicyclic amines) is 1. The summed E-state index contributed by atoms with van der Waals surface area (Å²) in [5, 5.41) is 4.29. The first-order valence-corrected chi connectivity index (χ1v) is 6.77. The fraction of sp³-hybridized carbons (Fsp3) is 0.714. The molecule has 18 heavy (non-hydrogen) atoms. The van der Waals surface area contributed by atoms with E-state index in [0.29, 0.717) is 6.42 Å². The molecule has 0 bridgehead atoms. The zero-order valence-electron chi connectivity index (χ0n) is 11.6. The van der Waals surface area contributed by atoms with Crippen LogP contribution >= 0.6 is 0 Å². The van der Waals surface area contributed by atoms with Crippen LogP contribution in [0.5, 0.6) is 0 Å². The van der Waals surface area contributed by atoms with Gasteiger partial charge in [-0.15, -0.1) is 0 Å². The van der Waals surface area contributed by atoms with Crippen LogP contribution in [0, 0.1) is 0 Å². The number of Topliss-reactive ketones (excluding diaryl/α,β-unsaturated/α-hetero) is 1. The van der Waals surface area contributed by atoms with Gasteiger partial charge in [-0.25, -0.2) is 0 Å². The summed E-state index contributed by atoms with van der Waals surface area (Å²) >= 11 is 0. The fourth-order valence-corrected chi connectivity index (χ4v) is 2.57. The molecule has 0 amide bonds. The van der Waals surface area contributed by atoms with Crippen molar-refractivity contribution >= 4 is 5.78 Å². The van der Waals surface area contributed by atoms with E-state index in [1.165, 1.54) is 19.3 Å². The Morgan fingerprint density at radius 1 is 1.33 bits per heavy atom. The van der Waals surface area contributed by atoms with Crippen LogP contribution in [-0.4, -0.2) is 39.1 Å². The predicted molar refractivity (Wildman–Crippen MR) is 71.4 cm³/mol. The minimum absolute atomic E-state index is 0.267. The smallest absolute Gasteiger partial charge is 0.158 e. The number of carbonyl (C=O) groups is 1. The SMILES string of the molecule is Cn1ccc(CC(=O)C(C)(C)N2CCCCC2)n1. The second-order valence-electron chi connectivity index (χ2n) is 5.69. The number of rotatable bonds is 4. The standard InChI is InChI=1S/C14H23N3O/c1-14(2,17-8-5-4-6-9-17)13(18)11-12-7-10-16(3)15-12/h7,10H,4-6,8-9,11H2,1-3H3. The first-order chi connectivity index (χ1) is 8.50. The molecule has 2 heterocycles. The maximum Gasteiger partial charge on any atom is 0.158 e. The summed E-state index contributed by atoms with van der Waals surface area (Å²) in [6.45, 7) is 6.18. The average molecular weight is 249 g/mol. The van der Waals surface area contributed by atoms with E-state index in [0.717, 1.165) is 18.8 Å². The van der Waals surface area contributed by atoms with Gasteiger partial charge < -0.3 is 0 Å². The number of piperidine rings is 1. The van der Waals surface area contributed by atoms with Crippen molar-refractivity contribution in [2.24, 2.45) is 7.05 Å². The quantitative estimate of drug-likeness (QED) is 0.816. The molecule has 0 aromatic carbocycles. The molecule has 100 valence electrons. The monoisotopic (exact) mass is 249 g/mol. The molecule has 4 nitrogen and oxygen atoms in total. The van der Waals surface area contributed by atoms with Crippen LogP contribution in [-0.2, 0) is 18.3 Å². The van der Waals surface area contributed by atoms with E-state index in [2.05, 4.69) is 10.00 Å². The molecule has 0 spiro atoms. The van der Waals surface area contributed by atoms with Crippen molar-refractivity contribution in [3.8, 4) is 0 Å². The molecule has 1 saturated heterocycles. The topological polar surface area (TPSA) is 38.1 Å². The van der Waals surface area contributed by atoms with Crippen molar-refractivity contribution in [3.05, 3.63) is 18.0 Å². The van der Waals surface area contributed by atoms with Crippen molar-refractivity contribution < 1.29 is 4.79 Å². The largest absolute Gasteiger partial charge is 0.297 e. The highest BCUT2D eigenvalue weighted by atomic mass is 16.1. The Morgan fingerprint density at radius 3 is 2.56 bits per heavy atom. The maximum atomic E-state index is 12.5. The van der Waals surface area contributed by atoms with Crippen LogP contribution in [0.15, 0.2) is 12.3 Å². The van der Waals surface area contributed by atoms with Gasteiger partial charge in [-0.3, -0.25) is 14.4 Å². The highest BCUT2D eigenvalue weighted by Crippen LogP contribution is 2.22. The number of hydrogen-bond donors (Lipinski definition) is 0. The highest BCUT2D eigenvalue weighted by molar-refractivity contribution is 5.89. The van der Waals surface area contributed by atoms with Gasteiger partial charge in [0.05, 0.1) is 17.7 Å². The number of carbonyl (C=O) groups excluding carboxylic acids is 1. The molecular weight excluding hydrogens is 226 g/mol. The molecule has 1 aromatic rings. The molecule has 1 aliphatic heterocycles. The molecule has 0 atom stereocenters. The van der Waals surface area contributed by atoms with Crippen molar-refractivity contribution in [2.75, 3.05) is 13.1 Å². The summed E-state index contributed by atoms with van der Waals surface area (Å²) in [5.41, 5.74) is 0.505. The number of ketones is 1.